The number of hydrogen-bond acceptors (Lipinski definition) is 3. The molecule has 4 nitrogen and oxygen atoms in total. The van der Waals surface area contributed by atoms with Gasteiger partial charge in [0.1, 0.15) is 0 Å². The molecule has 1 aliphatic heterocycles. The highest BCUT2D eigenvalue weighted by Gasteiger charge is 2.33. The van der Waals surface area contributed by atoms with Gasteiger partial charge in [-0.3, -0.25) is 4.79 Å². The Labute approximate surface area is 111 Å². The Morgan fingerprint density at radius 1 is 1.39 bits per heavy atom. The van der Waals surface area contributed by atoms with Gasteiger partial charge in [-0.2, -0.15) is 0 Å². The number of carbonyl (C=O) groups is 1. The van der Waals surface area contributed by atoms with E-state index in [0.29, 0.717) is 12.0 Å². The van der Waals surface area contributed by atoms with E-state index in [9.17, 15) is 4.79 Å². The lowest BCUT2D eigenvalue weighted by molar-refractivity contribution is -0.141. The topological polar surface area (TPSA) is 52.6 Å². The molecule has 1 rings (SSSR count). The van der Waals surface area contributed by atoms with Gasteiger partial charge in [-0.1, -0.05) is 27.7 Å². The molecule has 106 valence electrons. The zero-order valence-corrected chi connectivity index (χ0v) is 12.2. The van der Waals surface area contributed by atoms with Crippen LogP contribution in [0.4, 0.5) is 0 Å². The van der Waals surface area contributed by atoms with Gasteiger partial charge in [0.05, 0.1) is 0 Å². The standard InChI is InChI=1S/C14H28N2O2/c1-11-8-12(15-6-5-7-17)10-16(9-11)13(18)14(2,3)4/h11-12,15,17H,5-10H2,1-4H3. The van der Waals surface area contributed by atoms with Gasteiger partial charge < -0.3 is 15.3 Å². The van der Waals surface area contributed by atoms with Gasteiger partial charge in [0.25, 0.3) is 0 Å². The molecule has 18 heavy (non-hydrogen) atoms. The molecule has 0 radical (unpaired) electrons. The third kappa shape index (κ3) is 4.58. The fourth-order valence-electron chi connectivity index (χ4n) is 2.52. The molecule has 2 unspecified atom stereocenters. The lowest BCUT2D eigenvalue weighted by atomic mass is 9.90. The van der Waals surface area contributed by atoms with E-state index in [4.69, 9.17) is 5.11 Å². The van der Waals surface area contributed by atoms with Crippen molar-refractivity contribution < 1.29 is 9.90 Å². The number of amides is 1. The number of nitrogens with zero attached hydrogens (tertiary/aromatic N) is 1. The molecule has 0 aromatic heterocycles. The van der Waals surface area contributed by atoms with Crippen LogP contribution in [0.15, 0.2) is 0 Å². The van der Waals surface area contributed by atoms with Crippen LogP contribution in [0.2, 0.25) is 0 Å². The second-order valence-electron chi connectivity index (χ2n) is 6.53. The molecule has 1 saturated heterocycles. The summed E-state index contributed by atoms with van der Waals surface area (Å²) in [5.74, 6) is 0.777. The summed E-state index contributed by atoms with van der Waals surface area (Å²) in [6, 6.07) is 0.367. The SMILES string of the molecule is CC1CC(NCCCO)CN(C(=O)C(C)(C)C)C1. The number of aliphatic hydroxyl groups excluding tert-OH is 1. The third-order valence-electron chi connectivity index (χ3n) is 3.36. The largest absolute Gasteiger partial charge is 0.396 e. The van der Waals surface area contributed by atoms with Crippen molar-refractivity contribution in [3.05, 3.63) is 0 Å². The van der Waals surface area contributed by atoms with Gasteiger partial charge in [-0.15, -0.1) is 0 Å². The van der Waals surface area contributed by atoms with E-state index >= 15 is 0 Å². The highest BCUT2D eigenvalue weighted by Crippen LogP contribution is 2.23. The lowest BCUT2D eigenvalue weighted by Gasteiger charge is -2.39. The average molecular weight is 256 g/mol. The second-order valence-corrected chi connectivity index (χ2v) is 6.53. The molecule has 0 aliphatic carbocycles. The van der Waals surface area contributed by atoms with Gasteiger partial charge in [0, 0.05) is 31.2 Å². The summed E-state index contributed by atoms with van der Waals surface area (Å²) < 4.78 is 0. The van der Waals surface area contributed by atoms with Gasteiger partial charge in [-0.25, -0.2) is 0 Å². The molecule has 2 N–H and O–H groups in total. The van der Waals surface area contributed by atoms with Crippen LogP contribution < -0.4 is 5.32 Å². The monoisotopic (exact) mass is 256 g/mol. The minimum atomic E-state index is -0.299. The molecule has 0 bridgehead atoms. The molecule has 0 spiro atoms. The summed E-state index contributed by atoms with van der Waals surface area (Å²) in [7, 11) is 0. The van der Waals surface area contributed by atoms with E-state index in [2.05, 4.69) is 12.2 Å². The predicted molar refractivity (Wildman–Crippen MR) is 73.3 cm³/mol. The smallest absolute Gasteiger partial charge is 0.228 e. The summed E-state index contributed by atoms with van der Waals surface area (Å²) in [5, 5.41) is 12.2. The van der Waals surface area contributed by atoms with Crippen molar-refractivity contribution in [1.29, 1.82) is 0 Å². The first-order valence-electron chi connectivity index (χ1n) is 6.98. The van der Waals surface area contributed by atoms with Crippen molar-refractivity contribution in [3.8, 4) is 0 Å². The zero-order chi connectivity index (χ0) is 13.8. The Morgan fingerprint density at radius 2 is 2.06 bits per heavy atom. The summed E-state index contributed by atoms with van der Waals surface area (Å²) in [4.78, 5) is 14.3. The van der Waals surface area contributed by atoms with Gasteiger partial charge >= 0.3 is 0 Å². The van der Waals surface area contributed by atoms with Crippen LogP contribution in [0.1, 0.15) is 40.5 Å². The molecule has 1 aliphatic rings. The van der Waals surface area contributed by atoms with E-state index in [1.807, 2.05) is 25.7 Å². The molecule has 1 amide bonds. The van der Waals surface area contributed by atoms with E-state index in [1.165, 1.54) is 0 Å². The Balaban J connectivity index is 2.53. The van der Waals surface area contributed by atoms with Crippen LogP contribution in [0.5, 0.6) is 0 Å². The number of piperidine rings is 1. The molecule has 0 saturated carbocycles. The third-order valence-corrected chi connectivity index (χ3v) is 3.36. The number of nitrogens with one attached hydrogen (secondary N) is 1. The van der Waals surface area contributed by atoms with E-state index in [1.54, 1.807) is 0 Å². The van der Waals surface area contributed by atoms with Gasteiger partial charge in [-0.05, 0) is 25.3 Å². The lowest BCUT2D eigenvalue weighted by Crippen LogP contribution is -2.53. The molecule has 2 atom stereocenters. The van der Waals surface area contributed by atoms with Crippen LogP contribution in [0.3, 0.4) is 0 Å². The van der Waals surface area contributed by atoms with Crippen LogP contribution in [0.25, 0.3) is 0 Å². The Hall–Kier alpha value is -0.610. The molecule has 0 aromatic rings. The fraction of sp³-hybridized carbons (Fsp3) is 0.929. The summed E-state index contributed by atoms with van der Waals surface area (Å²) >= 11 is 0. The summed E-state index contributed by atoms with van der Waals surface area (Å²) in [5.41, 5.74) is -0.299. The minimum absolute atomic E-state index is 0.222. The highest BCUT2D eigenvalue weighted by molar-refractivity contribution is 5.81. The quantitative estimate of drug-likeness (QED) is 0.744. The number of rotatable bonds is 4. The fourth-order valence-corrected chi connectivity index (χ4v) is 2.52. The maximum atomic E-state index is 12.3. The van der Waals surface area contributed by atoms with Crippen molar-refractivity contribution in [2.75, 3.05) is 26.2 Å². The number of hydrogen-bond donors (Lipinski definition) is 2. The number of aliphatic hydroxyl groups is 1. The first kappa shape index (κ1) is 15.4. The van der Waals surface area contributed by atoms with Gasteiger partial charge in [0.15, 0.2) is 0 Å². The molecule has 4 heteroatoms. The zero-order valence-electron chi connectivity index (χ0n) is 12.2. The average Bonchev–Trinajstić information content (AvgIpc) is 2.26. The Morgan fingerprint density at radius 3 is 2.61 bits per heavy atom. The maximum Gasteiger partial charge on any atom is 0.228 e. The maximum absolute atomic E-state index is 12.3. The molecule has 0 aromatic carbocycles. The van der Waals surface area contributed by atoms with Crippen LogP contribution in [-0.2, 0) is 4.79 Å². The normalized spacial score (nSPS) is 25.3. The molecule has 1 heterocycles. The minimum Gasteiger partial charge on any atom is -0.396 e. The molecular weight excluding hydrogens is 228 g/mol. The van der Waals surface area contributed by atoms with E-state index in [0.717, 1.165) is 32.5 Å². The van der Waals surface area contributed by atoms with Crippen LogP contribution in [-0.4, -0.2) is 48.2 Å². The first-order chi connectivity index (χ1) is 8.34. The van der Waals surface area contributed by atoms with Gasteiger partial charge in [0.2, 0.25) is 5.91 Å². The van der Waals surface area contributed by atoms with E-state index in [-0.39, 0.29) is 17.9 Å². The summed E-state index contributed by atoms with van der Waals surface area (Å²) in [6.07, 6.45) is 1.89. The summed E-state index contributed by atoms with van der Waals surface area (Å²) in [6.45, 7) is 10.8. The molecule has 1 fully saturated rings. The van der Waals surface area contributed by atoms with Crippen molar-refractivity contribution in [3.63, 3.8) is 0 Å². The van der Waals surface area contributed by atoms with Crippen LogP contribution in [0, 0.1) is 11.3 Å². The first-order valence-corrected chi connectivity index (χ1v) is 6.98. The van der Waals surface area contributed by atoms with Crippen molar-refractivity contribution in [2.24, 2.45) is 11.3 Å². The number of carbonyl (C=O) groups excluding carboxylic acids is 1. The number of likely N-dealkylation sites (tertiary alicyclic amines) is 1. The van der Waals surface area contributed by atoms with Crippen LogP contribution >= 0.6 is 0 Å². The highest BCUT2D eigenvalue weighted by atomic mass is 16.3. The second kappa shape index (κ2) is 6.53. The van der Waals surface area contributed by atoms with Crippen molar-refractivity contribution >= 4 is 5.91 Å². The molecular formula is C14H28N2O2. The predicted octanol–water partition coefficient (Wildman–Crippen LogP) is 1.24. The van der Waals surface area contributed by atoms with Crippen molar-refractivity contribution in [2.45, 2.75) is 46.6 Å². The van der Waals surface area contributed by atoms with Crippen molar-refractivity contribution in [1.82, 2.24) is 10.2 Å². The Bertz CT molecular complexity index is 273. The van der Waals surface area contributed by atoms with E-state index < -0.39 is 0 Å². The Kier molecular flexibility index (Phi) is 5.60.